The van der Waals surface area contributed by atoms with Crippen molar-refractivity contribution in [2.24, 2.45) is 0 Å². The van der Waals surface area contributed by atoms with E-state index in [9.17, 15) is 0 Å². The van der Waals surface area contributed by atoms with Crippen molar-refractivity contribution in [2.45, 2.75) is 0 Å². The summed E-state index contributed by atoms with van der Waals surface area (Å²) in [5.41, 5.74) is 9.58. The molecule has 5 heteroatoms. The molecule has 0 radical (unpaired) electrons. The third-order valence-corrected chi connectivity index (χ3v) is 11.4. The minimum absolute atomic E-state index is 0.694. The van der Waals surface area contributed by atoms with Crippen molar-refractivity contribution in [1.82, 2.24) is 15.0 Å². The van der Waals surface area contributed by atoms with E-state index in [0.29, 0.717) is 5.82 Å². The number of pyridine rings is 1. The Balaban J connectivity index is 1.17. The summed E-state index contributed by atoms with van der Waals surface area (Å²) in [6, 6.07) is 57.0. The summed E-state index contributed by atoms with van der Waals surface area (Å²) in [5, 5.41) is 8.16. The molecule has 11 rings (SSSR count). The highest BCUT2D eigenvalue weighted by atomic mass is 32.1. The lowest BCUT2D eigenvalue weighted by Crippen LogP contribution is -1.96. The lowest BCUT2D eigenvalue weighted by atomic mass is 9.98. The molecule has 242 valence electrons. The van der Waals surface area contributed by atoms with Crippen molar-refractivity contribution in [2.75, 3.05) is 0 Å². The van der Waals surface area contributed by atoms with E-state index in [2.05, 4.69) is 140 Å². The van der Waals surface area contributed by atoms with Gasteiger partial charge in [0, 0.05) is 69.4 Å². The molecule has 11 aromatic rings. The number of nitrogens with zero attached hydrogens (tertiary/aromatic N) is 3. The summed E-state index contributed by atoms with van der Waals surface area (Å²) in [5.74, 6) is 0.694. The number of rotatable bonds is 4. The number of benzene rings is 7. The molecule has 0 N–H and O–H groups in total. The van der Waals surface area contributed by atoms with E-state index >= 15 is 0 Å². The molecule has 0 saturated heterocycles. The highest BCUT2D eigenvalue weighted by Crippen LogP contribution is 2.46. The zero-order valence-electron chi connectivity index (χ0n) is 27.7. The second-order valence-electron chi connectivity index (χ2n) is 13.1. The van der Waals surface area contributed by atoms with Gasteiger partial charge in [0.25, 0.3) is 0 Å². The quantitative estimate of drug-likeness (QED) is 0.174. The van der Waals surface area contributed by atoms with Crippen LogP contribution in [0.3, 0.4) is 0 Å². The van der Waals surface area contributed by atoms with Gasteiger partial charge in [-0.1, -0.05) is 127 Å². The van der Waals surface area contributed by atoms with Gasteiger partial charge in [0.05, 0.1) is 22.6 Å². The van der Waals surface area contributed by atoms with Crippen LogP contribution in [-0.4, -0.2) is 15.0 Å². The number of hydrogen-bond donors (Lipinski definition) is 0. The molecule has 4 heterocycles. The minimum Gasteiger partial charge on any atom is -0.456 e. The Morgan fingerprint density at radius 3 is 1.88 bits per heavy atom. The van der Waals surface area contributed by atoms with Crippen LogP contribution in [0.25, 0.3) is 109 Å². The Bertz CT molecular complexity index is 3180. The lowest BCUT2D eigenvalue weighted by molar-refractivity contribution is 0.669. The van der Waals surface area contributed by atoms with Gasteiger partial charge in [-0.3, -0.25) is 0 Å². The number of para-hydroxylation sites is 2. The fraction of sp³-hybridized carbons (Fsp3) is 0. The van der Waals surface area contributed by atoms with Crippen molar-refractivity contribution >= 4 is 75.1 Å². The lowest BCUT2D eigenvalue weighted by Gasteiger charge is -2.11. The van der Waals surface area contributed by atoms with Crippen molar-refractivity contribution < 1.29 is 4.42 Å². The molecular formula is C47H27N3OS. The van der Waals surface area contributed by atoms with Crippen LogP contribution in [0.15, 0.2) is 168 Å². The van der Waals surface area contributed by atoms with Gasteiger partial charge in [0.15, 0.2) is 5.82 Å². The molecule has 52 heavy (non-hydrogen) atoms. The number of aromatic nitrogens is 3. The first kappa shape index (κ1) is 29.1. The standard InChI is InChI=1S/C47H27N3OS/c1-3-12-28(13-4-1)39-27-40(30-22-23-32-31-16-8-10-21-41(31)51-42(32)26-30)50-47(49-39)37-19-11-18-33-34-24-25-36-43(46(34)52-45(33)37)35-17-7-9-20-38(35)48-44(36)29-14-5-2-6-15-29/h1-27H. The van der Waals surface area contributed by atoms with Gasteiger partial charge in [-0.15, -0.1) is 11.3 Å². The van der Waals surface area contributed by atoms with Gasteiger partial charge in [-0.05, 0) is 36.4 Å². The molecule has 0 saturated carbocycles. The van der Waals surface area contributed by atoms with E-state index in [0.717, 1.165) is 82.3 Å². The molecule has 0 unspecified atom stereocenters. The average Bonchev–Trinajstić information content (AvgIpc) is 3.79. The van der Waals surface area contributed by atoms with E-state index < -0.39 is 0 Å². The summed E-state index contributed by atoms with van der Waals surface area (Å²) in [6.45, 7) is 0. The van der Waals surface area contributed by atoms with E-state index in [1.807, 2.05) is 35.6 Å². The summed E-state index contributed by atoms with van der Waals surface area (Å²) < 4.78 is 8.70. The molecule has 0 aliphatic rings. The topological polar surface area (TPSA) is 51.8 Å². The number of furan rings is 1. The van der Waals surface area contributed by atoms with Gasteiger partial charge >= 0.3 is 0 Å². The monoisotopic (exact) mass is 681 g/mol. The van der Waals surface area contributed by atoms with Crippen LogP contribution in [0.5, 0.6) is 0 Å². The summed E-state index contributed by atoms with van der Waals surface area (Å²) >= 11 is 1.82. The van der Waals surface area contributed by atoms with Gasteiger partial charge in [0.1, 0.15) is 11.2 Å². The van der Waals surface area contributed by atoms with E-state index in [-0.39, 0.29) is 0 Å². The molecule has 7 aromatic carbocycles. The molecule has 4 nitrogen and oxygen atoms in total. The summed E-state index contributed by atoms with van der Waals surface area (Å²) in [4.78, 5) is 15.7. The van der Waals surface area contributed by atoms with E-state index in [1.165, 1.54) is 20.9 Å². The molecule has 4 aromatic heterocycles. The van der Waals surface area contributed by atoms with Crippen LogP contribution >= 0.6 is 11.3 Å². The number of thiophene rings is 1. The number of fused-ring (bicyclic) bond motifs is 10. The van der Waals surface area contributed by atoms with E-state index in [4.69, 9.17) is 19.4 Å². The Morgan fingerprint density at radius 2 is 1.04 bits per heavy atom. The average molecular weight is 682 g/mol. The SMILES string of the molecule is c1ccc(-c2cc(-c3ccc4c(c3)oc3ccccc34)nc(-c3cccc4c3sc3c4ccc4c(-c5ccccc5)nc5ccccc5c43)n2)cc1. The fourth-order valence-electron chi connectivity index (χ4n) is 7.64. The molecule has 0 bridgehead atoms. The molecular weight excluding hydrogens is 655 g/mol. The zero-order valence-corrected chi connectivity index (χ0v) is 28.6. The van der Waals surface area contributed by atoms with Crippen LogP contribution in [0, 0.1) is 0 Å². The fourth-order valence-corrected chi connectivity index (χ4v) is 9.01. The second kappa shape index (κ2) is 11.4. The molecule has 0 spiro atoms. The third kappa shape index (κ3) is 4.50. The maximum atomic E-state index is 6.29. The molecule has 0 amide bonds. The predicted molar refractivity (Wildman–Crippen MR) is 217 cm³/mol. The predicted octanol–water partition coefficient (Wildman–Crippen LogP) is 13.1. The van der Waals surface area contributed by atoms with E-state index in [1.54, 1.807) is 0 Å². The minimum atomic E-state index is 0.694. The van der Waals surface area contributed by atoms with Gasteiger partial charge < -0.3 is 4.42 Å². The Kier molecular flexibility index (Phi) is 6.39. The second-order valence-corrected chi connectivity index (χ2v) is 14.2. The maximum absolute atomic E-state index is 6.29. The Hall–Kier alpha value is -6.69. The highest BCUT2D eigenvalue weighted by molar-refractivity contribution is 7.27. The summed E-state index contributed by atoms with van der Waals surface area (Å²) in [6.07, 6.45) is 0. The van der Waals surface area contributed by atoms with Crippen LogP contribution in [-0.2, 0) is 0 Å². The normalized spacial score (nSPS) is 11.8. The summed E-state index contributed by atoms with van der Waals surface area (Å²) in [7, 11) is 0. The molecule has 0 aliphatic carbocycles. The van der Waals surface area contributed by atoms with Crippen LogP contribution in [0.4, 0.5) is 0 Å². The first-order valence-corrected chi connectivity index (χ1v) is 18.2. The third-order valence-electron chi connectivity index (χ3n) is 10.1. The van der Waals surface area contributed by atoms with Crippen molar-refractivity contribution in [3.8, 4) is 45.2 Å². The molecule has 0 atom stereocenters. The first-order valence-electron chi connectivity index (χ1n) is 17.4. The van der Waals surface area contributed by atoms with Crippen LogP contribution < -0.4 is 0 Å². The van der Waals surface area contributed by atoms with Crippen LogP contribution in [0.2, 0.25) is 0 Å². The smallest absolute Gasteiger partial charge is 0.161 e. The molecule has 0 aliphatic heterocycles. The Morgan fingerprint density at radius 1 is 0.404 bits per heavy atom. The largest absolute Gasteiger partial charge is 0.456 e. The number of hydrogen-bond acceptors (Lipinski definition) is 5. The van der Waals surface area contributed by atoms with Gasteiger partial charge in [0.2, 0.25) is 0 Å². The van der Waals surface area contributed by atoms with Crippen molar-refractivity contribution in [3.05, 3.63) is 164 Å². The molecule has 0 fully saturated rings. The maximum Gasteiger partial charge on any atom is 0.161 e. The Labute approximate surface area is 302 Å². The van der Waals surface area contributed by atoms with Gasteiger partial charge in [-0.25, -0.2) is 15.0 Å². The van der Waals surface area contributed by atoms with Gasteiger partial charge in [-0.2, -0.15) is 0 Å². The van der Waals surface area contributed by atoms with Crippen molar-refractivity contribution in [3.63, 3.8) is 0 Å². The van der Waals surface area contributed by atoms with Crippen LogP contribution in [0.1, 0.15) is 0 Å². The van der Waals surface area contributed by atoms with Crippen molar-refractivity contribution in [1.29, 1.82) is 0 Å². The highest BCUT2D eigenvalue weighted by Gasteiger charge is 2.20. The zero-order chi connectivity index (χ0) is 34.2. The first-order chi connectivity index (χ1) is 25.8.